The second kappa shape index (κ2) is 4.74. The number of hydrogen-bond donors (Lipinski definition) is 2. The Morgan fingerprint density at radius 1 is 1.25 bits per heavy atom. The number of imidazole rings is 1. The van der Waals surface area contributed by atoms with Gasteiger partial charge in [-0.1, -0.05) is 18.6 Å². The van der Waals surface area contributed by atoms with Crippen LogP contribution in [0.15, 0.2) is 30.6 Å². The Kier molecular flexibility index (Phi) is 2.88. The molecule has 0 aliphatic heterocycles. The molecule has 4 nitrogen and oxygen atoms in total. The van der Waals surface area contributed by atoms with Crippen LogP contribution in [0.4, 0.5) is 0 Å². The van der Waals surface area contributed by atoms with Gasteiger partial charge in [-0.05, 0) is 55.4 Å². The van der Waals surface area contributed by atoms with Crippen LogP contribution in [0.3, 0.4) is 0 Å². The fourth-order valence-corrected chi connectivity index (χ4v) is 4.03. The standard InChI is InChI=1S/C15H18N4S/c20-15(17-13-8-10-5-6-11(13)7-10)18-19-9-16-12-3-1-2-4-14(12)19/h1-4,9-11,13H,5-8H2,(H2,17,18,20)/t10-,11-,13-/m0/s1. The van der Waals surface area contributed by atoms with Crippen LogP contribution in [-0.4, -0.2) is 20.8 Å². The quantitative estimate of drug-likeness (QED) is 0.833. The maximum absolute atomic E-state index is 5.45. The lowest BCUT2D eigenvalue weighted by molar-refractivity contribution is 0.391. The highest BCUT2D eigenvalue weighted by atomic mass is 32.1. The summed E-state index contributed by atoms with van der Waals surface area (Å²) in [6.07, 6.45) is 7.21. The predicted molar refractivity (Wildman–Crippen MR) is 84.1 cm³/mol. The summed E-state index contributed by atoms with van der Waals surface area (Å²) in [5, 5.41) is 4.18. The molecule has 1 aromatic heterocycles. The van der Waals surface area contributed by atoms with Gasteiger partial charge in [-0.15, -0.1) is 0 Å². The minimum absolute atomic E-state index is 0.559. The van der Waals surface area contributed by atoms with Crippen molar-refractivity contribution >= 4 is 28.4 Å². The minimum atomic E-state index is 0.559. The Bertz CT molecular complexity index is 650. The van der Waals surface area contributed by atoms with Crippen LogP contribution in [0.25, 0.3) is 11.0 Å². The minimum Gasteiger partial charge on any atom is -0.358 e. The Labute approximate surface area is 123 Å². The van der Waals surface area contributed by atoms with E-state index in [9.17, 15) is 0 Å². The third kappa shape index (κ3) is 2.06. The number of nitrogens with one attached hydrogen (secondary N) is 2. The van der Waals surface area contributed by atoms with Crippen LogP contribution in [0.1, 0.15) is 25.7 Å². The molecule has 0 unspecified atom stereocenters. The molecule has 2 fully saturated rings. The van der Waals surface area contributed by atoms with Crippen LogP contribution in [0, 0.1) is 11.8 Å². The maximum atomic E-state index is 5.45. The summed E-state index contributed by atoms with van der Waals surface area (Å²) in [6, 6.07) is 8.60. The molecule has 2 N–H and O–H groups in total. The molecule has 2 saturated carbocycles. The molecule has 0 amide bonds. The smallest absolute Gasteiger partial charge is 0.185 e. The number of benzene rings is 1. The number of hydrogen-bond acceptors (Lipinski definition) is 2. The van der Waals surface area contributed by atoms with E-state index in [-0.39, 0.29) is 0 Å². The van der Waals surface area contributed by atoms with Gasteiger partial charge in [-0.3, -0.25) is 5.43 Å². The zero-order chi connectivity index (χ0) is 13.5. The molecule has 1 aromatic carbocycles. The van der Waals surface area contributed by atoms with E-state index in [0.717, 1.165) is 22.9 Å². The molecule has 20 heavy (non-hydrogen) atoms. The zero-order valence-electron chi connectivity index (χ0n) is 11.2. The largest absolute Gasteiger partial charge is 0.358 e. The normalized spacial score (nSPS) is 27.9. The van der Waals surface area contributed by atoms with E-state index in [2.05, 4.69) is 15.7 Å². The Morgan fingerprint density at radius 2 is 2.15 bits per heavy atom. The third-order valence-electron chi connectivity index (χ3n) is 4.73. The molecule has 0 saturated heterocycles. The molecule has 2 aliphatic rings. The summed E-state index contributed by atoms with van der Waals surface area (Å²) >= 11 is 5.45. The van der Waals surface area contributed by atoms with Crippen molar-refractivity contribution in [3.8, 4) is 0 Å². The van der Waals surface area contributed by atoms with Gasteiger partial charge in [-0.25, -0.2) is 9.66 Å². The number of fused-ring (bicyclic) bond motifs is 3. The van der Waals surface area contributed by atoms with Gasteiger partial charge in [0.25, 0.3) is 0 Å². The van der Waals surface area contributed by atoms with Gasteiger partial charge in [0.1, 0.15) is 6.33 Å². The van der Waals surface area contributed by atoms with Crippen molar-refractivity contribution in [2.24, 2.45) is 11.8 Å². The molecule has 4 rings (SSSR count). The summed E-state index contributed by atoms with van der Waals surface area (Å²) in [5.41, 5.74) is 5.25. The lowest BCUT2D eigenvalue weighted by atomic mass is 9.96. The van der Waals surface area contributed by atoms with E-state index in [0.29, 0.717) is 11.2 Å². The molecule has 2 aliphatic carbocycles. The molecule has 5 heteroatoms. The Morgan fingerprint density at radius 3 is 2.95 bits per heavy atom. The fourth-order valence-electron chi connectivity index (χ4n) is 3.78. The van der Waals surface area contributed by atoms with Crippen molar-refractivity contribution in [1.82, 2.24) is 15.0 Å². The van der Waals surface area contributed by atoms with Crippen LogP contribution < -0.4 is 10.7 Å². The van der Waals surface area contributed by atoms with E-state index in [1.165, 1.54) is 25.7 Å². The SMILES string of the molecule is S=C(N[C@H]1C[C@H]2CC[C@H]1C2)Nn1cnc2ccccc21. The Hall–Kier alpha value is -1.62. The van der Waals surface area contributed by atoms with Crippen LogP contribution in [0.2, 0.25) is 0 Å². The van der Waals surface area contributed by atoms with Crippen molar-refractivity contribution in [3.05, 3.63) is 30.6 Å². The van der Waals surface area contributed by atoms with Gasteiger partial charge in [0, 0.05) is 6.04 Å². The molecule has 3 atom stereocenters. The van der Waals surface area contributed by atoms with Crippen LogP contribution in [0.5, 0.6) is 0 Å². The van der Waals surface area contributed by atoms with Gasteiger partial charge in [0.05, 0.1) is 11.0 Å². The second-order valence-electron chi connectivity index (χ2n) is 5.97. The van der Waals surface area contributed by atoms with Crippen LogP contribution in [-0.2, 0) is 0 Å². The first kappa shape index (κ1) is 12.1. The average Bonchev–Trinajstić information content (AvgIpc) is 3.14. The zero-order valence-corrected chi connectivity index (χ0v) is 12.1. The van der Waals surface area contributed by atoms with E-state index >= 15 is 0 Å². The average molecular weight is 286 g/mol. The first-order valence-electron chi connectivity index (χ1n) is 7.29. The maximum Gasteiger partial charge on any atom is 0.185 e. The highest BCUT2D eigenvalue weighted by molar-refractivity contribution is 7.80. The van der Waals surface area contributed by atoms with E-state index in [1.807, 2.05) is 28.9 Å². The van der Waals surface area contributed by atoms with E-state index < -0.39 is 0 Å². The summed E-state index contributed by atoms with van der Waals surface area (Å²) in [5.74, 6) is 1.74. The summed E-state index contributed by atoms with van der Waals surface area (Å²) in [7, 11) is 0. The molecular formula is C15H18N4S. The molecule has 2 bridgehead atoms. The first-order chi connectivity index (χ1) is 9.79. The summed E-state index contributed by atoms with van der Waals surface area (Å²) in [6.45, 7) is 0. The highest BCUT2D eigenvalue weighted by Crippen LogP contribution is 2.44. The molecule has 2 aromatic rings. The molecule has 0 radical (unpaired) electrons. The molecule has 1 heterocycles. The number of aromatic nitrogens is 2. The van der Waals surface area contributed by atoms with Crippen molar-refractivity contribution in [2.45, 2.75) is 31.7 Å². The van der Waals surface area contributed by atoms with Gasteiger partial charge in [0.2, 0.25) is 0 Å². The lowest BCUT2D eigenvalue weighted by Gasteiger charge is -2.24. The second-order valence-corrected chi connectivity index (χ2v) is 6.38. The third-order valence-corrected chi connectivity index (χ3v) is 4.94. The van der Waals surface area contributed by atoms with E-state index in [1.54, 1.807) is 6.33 Å². The lowest BCUT2D eigenvalue weighted by Crippen LogP contribution is -2.43. The van der Waals surface area contributed by atoms with Gasteiger partial charge < -0.3 is 5.32 Å². The van der Waals surface area contributed by atoms with Gasteiger partial charge in [0.15, 0.2) is 5.11 Å². The monoisotopic (exact) mass is 286 g/mol. The molecule has 0 spiro atoms. The van der Waals surface area contributed by atoms with Gasteiger partial charge >= 0.3 is 0 Å². The summed E-state index contributed by atoms with van der Waals surface area (Å²) in [4.78, 5) is 4.35. The van der Waals surface area contributed by atoms with Crippen molar-refractivity contribution < 1.29 is 0 Å². The fraction of sp³-hybridized carbons (Fsp3) is 0.467. The van der Waals surface area contributed by atoms with Crippen molar-refractivity contribution in [3.63, 3.8) is 0 Å². The topological polar surface area (TPSA) is 41.9 Å². The highest BCUT2D eigenvalue weighted by Gasteiger charge is 2.39. The predicted octanol–water partition coefficient (Wildman–Crippen LogP) is 2.64. The Balaban J connectivity index is 1.45. The number of thiocarbonyl (C=S) groups is 1. The molecular weight excluding hydrogens is 268 g/mol. The van der Waals surface area contributed by atoms with Crippen molar-refractivity contribution in [1.29, 1.82) is 0 Å². The number of nitrogens with zero attached hydrogens (tertiary/aromatic N) is 2. The number of para-hydroxylation sites is 2. The molecule has 104 valence electrons. The van der Waals surface area contributed by atoms with E-state index in [4.69, 9.17) is 12.2 Å². The number of rotatable bonds is 2. The van der Waals surface area contributed by atoms with Crippen LogP contribution >= 0.6 is 12.2 Å². The first-order valence-corrected chi connectivity index (χ1v) is 7.70. The van der Waals surface area contributed by atoms with Gasteiger partial charge in [-0.2, -0.15) is 0 Å². The van der Waals surface area contributed by atoms with Crippen molar-refractivity contribution in [2.75, 3.05) is 5.43 Å². The summed E-state index contributed by atoms with van der Waals surface area (Å²) < 4.78 is 1.89.